The minimum atomic E-state index is -0.109. The van der Waals surface area contributed by atoms with E-state index in [0.29, 0.717) is 12.1 Å². The molecule has 3 atom stereocenters. The summed E-state index contributed by atoms with van der Waals surface area (Å²) in [6.07, 6.45) is 9.14. The Morgan fingerprint density at radius 1 is 0.958 bits per heavy atom. The third kappa shape index (κ3) is 3.84. The highest BCUT2D eigenvalue weighted by atomic mass is 16.3. The first-order chi connectivity index (χ1) is 11.8. The second kappa shape index (κ2) is 7.55. The number of rotatable bonds is 4. The summed E-state index contributed by atoms with van der Waals surface area (Å²) in [7, 11) is 0. The maximum absolute atomic E-state index is 10.1. The minimum Gasteiger partial charge on any atom is -0.392 e. The Labute approximate surface area is 146 Å². The maximum atomic E-state index is 10.1. The Kier molecular flexibility index (Phi) is 5.21. The second-order valence-electron chi connectivity index (χ2n) is 8.30. The minimum absolute atomic E-state index is 0.109. The van der Waals surface area contributed by atoms with E-state index < -0.39 is 0 Å². The average Bonchev–Trinajstić information content (AvgIpc) is 2.96. The zero-order valence-electron chi connectivity index (χ0n) is 14.8. The smallest absolute Gasteiger partial charge is 0.0682 e. The number of hydrogen-bond donors (Lipinski definition) is 1. The number of aliphatic hydroxyl groups excluding tert-OH is 1. The molecule has 1 N–H and O–H groups in total. The summed E-state index contributed by atoms with van der Waals surface area (Å²) in [4.78, 5) is 5.33. The standard InChI is InChI=1S/C21H32N2O/c24-21-12-20-15-22(13-18-9-5-2-6-10-18)19(14-23(20)16-21)11-17-7-3-1-4-8-17/h1,3-4,7-8,18-21,24H,2,5-6,9-16H2/t19-,20+,21-/m1/s1. The number of nitrogens with zero attached hydrogens (tertiary/aromatic N) is 2. The Balaban J connectivity index is 1.46. The van der Waals surface area contributed by atoms with Crippen molar-refractivity contribution < 1.29 is 5.11 Å². The fraction of sp³-hybridized carbons (Fsp3) is 0.714. The molecule has 0 aromatic heterocycles. The molecule has 0 amide bonds. The van der Waals surface area contributed by atoms with Gasteiger partial charge in [-0.1, -0.05) is 49.6 Å². The highest BCUT2D eigenvalue weighted by molar-refractivity contribution is 5.16. The summed E-state index contributed by atoms with van der Waals surface area (Å²) in [6, 6.07) is 12.1. The third-order valence-corrected chi connectivity index (χ3v) is 6.44. The zero-order valence-corrected chi connectivity index (χ0v) is 14.8. The van der Waals surface area contributed by atoms with Crippen molar-refractivity contribution in [3.63, 3.8) is 0 Å². The van der Waals surface area contributed by atoms with Crippen LogP contribution in [-0.2, 0) is 6.42 Å². The van der Waals surface area contributed by atoms with Gasteiger partial charge in [0.25, 0.3) is 0 Å². The number of aliphatic hydroxyl groups is 1. The van der Waals surface area contributed by atoms with Crippen LogP contribution in [0, 0.1) is 5.92 Å². The van der Waals surface area contributed by atoms with Crippen molar-refractivity contribution in [1.82, 2.24) is 9.80 Å². The SMILES string of the molecule is O[C@@H]1C[C@H]2CN(CC3CCCCC3)[C@H](Cc3ccccc3)CN2C1. The molecule has 4 rings (SSSR count). The lowest BCUT2D eigenvalue weighted by Crippen LogP contribution is -2.57. The molecular weight excluding hydrogens is 296 g/mol. The summed E-state index contributed by atoms with van der Waals surface area (Å²) >= 11 is 0. The number of hydrogen-bond acceptors (Lipinski definition) is 3. The molecule has 0 spiro atoms. The molecule has 2 aliphatic heterocycles. The Hall–Kier alpha value is -0.900. The molecule has 24 heavy (non-hydrogen) atoms. The van der Waals surface area contributed by atoms with Crippen molar-refractivity contribution in [2.75, 3.05) is 26.2 Å². The monoisotopic (exact) mass is 328 g/mol. The fourth-order valence-corrected chi connectivity index (χ4v) is 5.18. The molecule has 0 radical (unpaired) electrons. The molecule has 3 aliphatic rings. The molecule has 2 saturated heterocycles. The summed E-state index contributed by atoms with van der Waals surface area (Å²) in [5.74, 6) is 0.898. The quantitative estimate of drug-likeness (QED) is 0.920. The molecule has 132 valence electrons. The van der Waals surface area contributed by atoms with E-state index in [9.17, 15) is 5.11 Å². The Bertz CT molecular complexity index is 512. The number of fused-ring (bicyclic) bond motifs is 1. The zero-order chi connectivity index (χ0) is 16.4. The maximum Gasteiger partial charge on any atom is 0.0682 e. The van der Waals surface area contributed by atoms with Gasteiger partial charge in [0.1, 0.15) is 0 Å². The van der Waals surface area contributed by atoms with Crippen LogP contribution in [-0.4, -0.2) is 59.3 Å². The Morgan fingerprint density at radius 3 is 2.54 bits per heavy atom. The van der Waals surface area contributed by atoms with Gasteiger partial charge in [0, 0.05) is 38.3 Å². The van der Waals surface area contributed by atoms with E-state index in [1.54, 1.807) is 0 Å². The van der Waals surface area contributed by atoms with Crippen LogP contribution in [0.5, 0.6) is 0 Å². The lowest BCUT2D eigenvalue weighted by Gasteiger charge is -2.45. The largest absolute Gasteiger partial charge is 0.392 e. The van der Waals surface area contributed by atoms with Crippen LogP contribution in [0.15, 0.2) is 30.3 Å². The van der Waals surface area contributed by atoms with Gasteiger partial charge in [-0.25, -0.2) is 0 Å². The molecule has 1 saturated carbocycles. The van der Waals surface area contributed by atoms with Crippen LogP contribution < -0.4 is 0 Å². The van der Waals surface area contributed by atoms with Crippen molar-refractivity contribution in [2.24, 2.45) is 5.92 Å². The van der Waals surface area contributed by atoms with Gasteiger partial charge in [-0.3, -0.25) is 9.80 Å². The van der Waals surface area contributed by atoms with Gasteiger partial charge in [-0.05, 0) is 37.2 Å². The first-order valence-electron chi connectivity index (χ1n) is 9.98. The van der Waals surface area contributed by atoms with E-state index in [0.717, 1.165) is 38.4 Å². The van der Waals surface area contributed by atoms with Crippen LogP contribution >= 0.6 is 0 Å². The molecule has 1 aliphatic carbocycles. The van der Waals surface area contributed by atoms with Gasteiger partial charge in [-0.15, -0.1) is 0 Å². The van der Waals surface area contributed by atoms with Gasteiger partial charge >= 0.3 is 0 Å². The number of benzene rings is 1. The molecule has 1 aromatic carbocycles. The van der Waals surface area contributed by atoms with E-state index in [1.165, 1.54) is 44.2 Å². The third-order valence-electron chi connectivity index (χ3n) is 6.44. The van der Waals surface area contributed by atoms with Crippen LogP contribution in [0.4, 0.5) is 0 Å². The molecular formula is C21H32N2O. The molecule has 0 unspecified atom stereocenters. The normalized spacial score (nSPS) is 32.8. The first kappa shape index (κ1) is 16.6. The van der Waals surface area contributed by atoms with Crippen molar-refractivity contribution >= 4 is 0 Å². The van der Waals surface area contributed by atoms with Gasteiger partial charge in [0.2, 0.25) is 0 Å². The van der Waals surface area contributed by atoms with Crippen LogP contribution in [0.2, 0.25) is 0 Å². The summed E-state index contributed by atoms with van der Waals surface area (Å²) in [6.45, 7) is 4.44. The molecule has 3 nitrogen and oxygen atoms in total. The predicted molar refractivity (Wildman–Crippen MR) is 98.1 cm³/mol. The highest BCUT2D eigenvalue weighted by Gasteiger charge is 2.40. The lowest BCUT2D eigenvalue weighted by molar-refractivity contribution is 0.0348. The van der Waals surface area contributed by atoms with Crippen molar-refractivity contribution in [1.29, 1.82) is 0 Å². The first-order valence-corrected chi connectivity index (χ1v) is 9.98. The van der Waals surface area contributed by atoms with E-state index in [1.807, 2.05) is 0 Å². The van der Waals surface area contributed by atoms with E-state index >= 15 is 0 Å². The summed E-state index contributed by atoms with van der Waals surface area (Å²) in [5.41, 5.74) is 1.45. The predicted octanol–water partition coefficient (Wildman–Crippen LogP) is 2.93. The van der Waals surface area contributed by atoms with Crippen molar-refractivity contribution in [3.05, 3.63) is 35.9 Å². The second-order valence-corrected chi connectivity index (χ2v) is 8.30. The highest BCUT2D eigenvalue weighted by Crippen LogP contribution is 2.30. The summed E-state index contributed by atoms with van der Waals surface area (Å²) in [5, 5.41) is 10.1. The van der Waals surface area contributed by atoms with Crippen LogP contribution in [0.1, 0.15) is 44.1 Å². The van der Waals surface area contributed by atoms with Gasteiger partial charge in [-0.2, -0.15) is 0 Å². The molecule has 3 heteroatoms. The van der Waals surface area contributed by atoms with Crippen LogP contribution in [0.25, 0.3) is 0 Å². The van der Waals surface area contributed by atoms with E-state index in [-0.39, 0.29) is 6.10 Å². The van der Waals surface area contributed by atoms with E-state index in [2.05, 4.69) is 40.1 Å². The van der Waals surface area contributed by atoms with E-state index in [4.69, 9.17) is 0 Å². The molecule has 3 fully saturated rings. The van der Waals surface area contributed by atoms with Gasteiger partial charge in [0.15, 0.2) is 0 Å². The lowest BCUT2D eigenvalue weighted by atomic mass is 9.87. The fourth-order valence-electron chi connectivity index (χ4n) is 5.18. The topological polar surface area (TPSA) is 26.7 Å². The molecule has 2 heterocycles. The van der Waals surface area contributed by atoms with Crippen molar-refractivity contribution in [3.8, 4) is 0 Å². The number of piperazine rings is 1. The molecule has 1 aromatic rings. The molecule has 0 bridgehead atoms. The van der Waals surface area contributed by atoms with Crippen molar-refractivity contribution in [2.45, 2.75) is 63.1 Å². The van der Waals surface area contributed by atoms with Gasteiger partial charge < -0.3 is 5.11 Å². The average molecular weight is 329 g/mol. The van der Waals surface area contributed by atoms with Crippen LogP contribution in [0.3, 0.4) is 0 Å². The Morgan fingerprint density at radius 2 is 1.75 bits per heavy atom. The summed E-state index contributed by atoms with van der Waals surface area (Å²) < 4.78 is 0. The van der Waals surface area contributed by atoms with Gasteiger partial charge in [0.05, 0.1) is 6.10 Å².